The number of esters is 1. The van der Waals surface area contributed by atoms with Crippen LogP contribution >= 0.6 is 11.3 Å². The van der Waals surface area contributed by atoms with Gasteiger partial charge in [-0.2, -0.15) is 0 Å². The van der Waals surface area contributed by atoms with Gasteiger partial charge < -0.3 is 19.2 Å². The van der Waals surface area contributed by atoms with Gasteiger partial charge in [-0.15, -0.1) is 11.3 Å². The van der Waals surface area contributed by atoms with Gasteiger partial charge in [0.1, 0.15) is 10.8 Å². The first kappa shape index (κ1) is 27.9. The van der Waals surface area contributed by atoms with E-state index in [4.69, 9.17) is 18.9 Å². The van der Waals surface area contributed by atoms with Gasteiger partial charge in [-0.25, -0.2) is 9.78 Å². The van der Waals surface area contributed by atoms with Crippen LogP contribution in [0.1, 0.15) is 73.4 Å². The Morgan fingerprint density at radius 2 is 1.95 bits per heavy atom. The summed E-state index contributed by atoms with van der Waals surface area (Å²) in [5.41, 5.74) is 3.19. The molecule has 0 aliphatic heterocycles. The number of rotatable bonds is 13. The molecule has 0 aliphatic carbocycles. The van der Waals surface area contributed by atoms with E-state index in [1.165, 1.54) is 17.6 Å². The Balaban J connectivity index is 1.78. The van der Waals surface area contributed by atoms with E-state index in [1.807, 2.05) is 42.6 Å². The fourth-order valence-electron chi connectivity index (χ4n) is 3.58. The van der Waals surface area contributed by atoms with Crippen molar-refractivity contribution in [3.05, 3.63) is 87.3 Å². The molecular formula is C29H34N2O5S. The van der Waals surface area contributed by atoms with Gasteiger partial charge in [0, 0.05) is 11.0 Å². The number of nitrogens with one attached hydrogen (secondary N) is 1. The number of benzene rings is 1. The number of amides is 1. The van der Waals surface area contributed by atoms with E-state index in [1.54, 1.807) is 32.1 Å². The third-order valence-electron chi connectivity index (χ3n) is 5.44. The number of carbonyl (C=O) groups excluding carboxylic acids is 2. The predicted molar refractivity (Wildman–Crippen MR) is 146 cm³/mol. The lowest BCUT2D eigenvalue weighted by Crippen LogP contribution is -2.29. The summed E-state index contributed by atoms with van der Waals surface area (Å²) in [7, 11) is 0. The Morgan fingerprint density at radius 3 is 2.62 bits per heavy atom. The fraction of sp³-hybridized carbons (Fsp3) is 0.345. The van der Waals surface area contributed by atoms with Crippen molar-refractivity contribution in [1.82, 2.24) is 10.3 Å². The number of aromatic nitrogens is 1. The Bertz CT molecular complexity index is 1210. The predicted octanol–water partition coefficient (Wildman–Crippen LogP) is 6.54. The molecule has 0 spiro atoms. The van der Waals surface area contributed by atoms with Gasteiger partial charge in [0.25, 0.3) is 5.91 Å². The maximum Gasteiger partial charge on any atom is 0.333 e. The summed E-state index contributed by atoms with van der Waals surface area (Å²) < 4.78 is 16.1. The summed E-state index contributed by atoms with van der Waals surface area (Å²) in [5, 5.41) is 5.76. The molecule has 0 bridgehead atoms. The van der Waals surface area contributed by atoms with Crippen molar-refractivity contribution in [3.8, 4) is 5.75 Å². The third-order valence-corrected chi connectivity index (χ3v) is 6.41. The normalized spacial score (nSPS) is 12.8. The van der Waals surface area contributed by atoms with Crippen LogP contribution in [0.25, 0.3) is 6.08 Å². The number of ether oxygens (including phenoxy) is 2. The molecular weight excluding hydrogens is 488 g/mol. The lowest BCUT2D eigenvalue weighted by molar-refractivity contribution is -0.138. The number of furan rings is 1. The molecule has 0 saturated carbocycles. The van der Waals surface area contributed by atoms with Gasteiger partial charge in [0.15, 0.2) is 5.76 Å². The highest BCUT2D eigenvalue weighted by Gasteiger charge is 2.21. The van der Waals surface area contributed by atoms with Gasteiger partial charge in [-0.05, 0) is 81.2 Å². The van der Waals surface area contributed by atoms with Crippen LogP contribution in [0.3, 0.4) is 0 Å². The Labute approximate surface area is 222 Å². The van der Waals surface area contributed by atoms with Crippen molar-refractivity contribution >= 4 is 29.3 Å². The Kier molecular flexibility index (Phi) is 10.7. The highest BCUT2D eigenvalue weighted by molar-refractivity contribution is 7.09. The minimum absolute atomic E-state index is 0.247. The molecule has 7 nitrogen and oxygen atoms in total. The van der Waals surface area contributed by atoms with E-state index in [0.717, 1.165) is 40.4 Å². The molecule has 37 heavy (non-hydrogen) atoms. The van der Waals surface area contributed by atoms with Crippen LogP contribution in [0, 0.1) is 0 Å². The van der Waals surface area contributed by atoms with Crippen LogP contribution < -0.4 is 10.1 Å². The zero-order valence-corrected chi connectivity index (χ0v) is 22.6. The minimum atomic E-state index is -0.353. The number of unbranched alkanes of at least 4 members (excludes halogenated alkanes) is 1. The van der Waals surface area contributed by atoms with Crippen LogP contribution in [0.4, 0.5) is 0 Å². The lowest BCUT2D eigenvalue weighted by atomic mass is 10.1. The summed E-state index contributed by atoms with van der Waals surface area (Å²) in [6.45, 7) is 8.57. The van der Waals surface area contributed by atoms with Crippen molar-refractivity contribution in [2.45, 2.75) is 53.0 Å². The highest BCUT2D eigenvalue weighted by Crippen LogP contribution is 2.25. The number of thiazole rings is 1. The van der Waals surface area contributed by atoms with E-state index in [-0.39, 0.29) is 23.7 Å². The molecule has 0 unspecified atom stereocenters. The summed E-state index contributed by atoms with van der Waals surface area (Å²) >= 11 is 1.47. The second-order valence-electron chi connectivity index (χ2n) is 8.60. The number of hydrogen-bond acceptors (Lipinski definition) is 7. The van der Waals surface area contributed by atoms with Crippen LogP contribution in [0.2, 0.25) is 0 Å². The third kappa shape index (κ3) is 8.75. The average molecular weight is 523 g/mol. The summed E-state index contributed by atoms with van der Waals surface area (Å²) in [6.07, 6.45) is 7.80. The number of carbonyl (C=O) groups is 2. The van der Waals surface area contributed by atoms with Crippen molar-refractivity contribution in [2.24, 2.45) is 0 Å². The monoisotopic (exact) mass is 522 g/mol. The van der Waals surface area contributed by atoms with E-state index in [0.29, 0.717) is 25.2 Å². The molecule has 196 valence electrons. The molecule has 0 saturated heterocycles. The zero-order chi connectivity index (χ0) is 26.6. The Hall–Kier alpha value is -3.65. The summed E-state index contributed by atoms with van der Waals surface area (Å²) in [4.78, 5) is 29.5. The molecule has 1 atom stereocenters. The zero-order valence-electron chi connectivity index (χ0n) is 21.8. The fourth-order valence-corrected chi connectivity index (χ4v) is 4.40. The van der Waals surface area contributed by atoms with Gasteiger partial charge in [-0.3, -0.25) is 4.79 Å². The first-order valence-corrected chi connectivity index (χ1v) is 13.3. The molecule has 2 heterocycles. The minimum Gasteiger partial charge on any atom is -0.494 e. The van der Waals surface area contributed by atoms with Crippen molar-refractivity contribution in [2.75, 3.05) is 13.2 Å². The van der Waals surface area contributed by atoms with Gasteiger partial charge in [0.2, 0.25) is 0 Å². The van der Waals surface area contributed by atoms with E-state index >= 15 is 0 Å². The maximum absolute atomic E-state index is 12.8. The van der Waals surface area contributed by atoms with Crippen LogP contribution in [-0.2, 0) is 16.0 Å². The maximum atomic E-state index is 12.8. The standard InChI is InChI=1S/C29H34N2O5S/c1-5-7-14-35-24-12-10-22(11-13-24)18-25(31-27(32)26-9-8-15-36-26)28-30-23(19-37-28)17-20(3)16-21(4)29(33)34-6-2/h8-13,15-17,19,25H,5-7,14,18H2,1-4H3,(H,31,32)/b20-17+,21-16-/t25-/m0/s1. The van der Waals surface area contributed by atoms with E-state index < -0.39 is 0 Å². The van der Waals surface area contributed by atoms with E-state index in [2.05, 4.69) is 12.2 Å². The topological polar surface area (TPSA) is 90.7 Å². The largest absolute Gasteiger partial charge is 0.494 e. The molecule has 3 aromatic rings. The van der Waals surface area contributed by atoms with Crippen molar-refractivity contribution in [1.29, 1.82) is 0 Å². The molecule has 8 heteroatoms. The molecule has 1 N–H and O–H groups in total. The van der Waals surface area contributed by atoms with Gasteiger partial charge in [-0.1, -0.05) is 25.5 Å². The summed E-state index contributed by atoms with van der Waals surface area (Å²) in [6, 6.07) is 10.9. The molecule has 1 amide bonds. The number of allylic oxidation sites excluding steroid dienone is 2. The van der Waals surface area contributed by atoms with Crippen molar-refractivity contribution in [3.63, 3.8) is 0 Å². The number of nitrogens with zero attached hydrogens (tertiary/aromatic N) is 1. The molecule has 0 fully saturated rings. The van der Waals surface area contributed by atoms with E-state index in [9.17, 15) is 9.59 Å². The molecule has 0 aliphatic rings. The summed E-state index contributed by atoms with van der Waals surface area (Å²) in [5.74, 6) is 0.441. The lowest BCUT2D eigenvalue weighted by Gasteiger charge is -2.16. The Morgan fingerprint density at radius 1 is 1.16 bits per heavy atom. The van der Waals surface area contributed by atoms with Gasteiger partial charge in [0.05, 0.1) is 31.2 Å². The van der Waals surface area contributed by atoms with Gasteiger partial charge >= 0.3 is 5.97 Å². The van der Waals surface area contributed by atoms with Crippen molar-refractivity contribution < 1.29 is 23.5 Å². The SMILES string of the molecule is CCCCOc1ccc(C[C@H](NC(=O)c2ccco2)c2nc(/C=C(C)/C=C(/C)C(=O)OCC)cs2)cc1. The molecule has 0 radical (unpaired) electrons. The van der Waals surface area contributed by atoms with Crippen LogP contribution in [0.5, 0.6) is 5.75 Å². The quantitative estimate of drug-likeness (QED) is 0.119. The average Bonchev–Trinajstić information content (AvgIpc) is 3.58. The first-order chi connectivity index (χ1) is 17.9. The number of hydrogen-bond donors (Lipinski definition) is 1. The molecule has 2 aromatic heterocycles. The van der Waals surface area contributed by atoms with Crippen LogP contribution in [-0.4, -0.2) is 30.1 Å². The second-order valence-corrected chi connectivity index (χ2v) is 9.49. The highest BCUT2D eigenvalue weighted by atomic mass is 32.1. The van der Waals surface area contributed by atoms with Crippen LogP contribution in [0.15, 0.2) is 69.7 Å². The molecule has 3 rings (SSSR count). The molecule has 1 aromatic carbocycles. The second kappa shape index (κ2) is 14.2. The smallest absolute Gasteiger partial charge is 0.333 e. The first-order valence-electron chi connectivity index (χ1n) is 12.4.